The number of hydrogen-bond donors (Lipinski definition) is 1. The molecule has 0 radical (unpaired) electrons. The second kappa shape index (κ2) is 4.94. The van der Waals surface area contributed by atoms with Gasteiger partial charge in [0.15, 0.2) is 11.6 Å². The largest absolute Gasteiger partial charge is 0.343 e. The lowest BCUT2D eigenvalue weighted by atomic mass is 10.1. The van der Waals surface area contributed by atoms with Gasteiger partial charge in [-0.3, -0.25) is 0 Å². The minimum Gasteiger partial charge on any atom is -0.343 e. The first-order valence-electron chi connectivity index (χ1n) is 5.58. The summed E-state index contributed by atoms with van der Waals surface area (Å²) in [6.45, 7) is 3.43. The van der Waals surface area contributed by atoms with Crippen LogP contribution in [0.5, 0.6) is 0 Å². The molecule has 0 saturated carbocycles. The summed E-state index contributed by atoms with van der Waals surface area (Å²) in [5.41, 5.74) is 0.893. The van der Waals surface area contributed by atoms with E-state index in [9.17, 15) is 8.78 Å². The number of nitrogens with one attached hydrogen (secondary N) is 1. The monoisotopic (exact) mass is 266 g/mol. The molecule has 0 aliphatic carbocycles. The van der Waals surface area contributed by atoms with Crippen LogP contribution in [0.2, 0.25) is 0 Å². The highest BCUT2D eigenvalue weighted by atomic mass is 32.1. The second-order valence-corrected chi connectivity index (χ2v) is 4.41. The molecule has 94 valence electrons. The number of aromatic nitrogens is 2. The van der Waals surface area contributed by atoms with Gasteiger partial charge in [-0.05, 0) is 24.6 Å². The van der Waals surface area contributed by atoms with E-state index in [1.165, 1.54) is 25.1 Å². The summed E-state index contributed by atoms with van der Waals surface area (Å²) in [5, 5.41) is 0. The van der Waals surface area contributed by atoms with Crippen molar-refractivity contribution in [3.8, 4) is 11.3 Å². The first-order valence-corrected chi connectivity index (χ1v) is 5.99. The fourth-order valence-electron chi connectivity index (χ4n) is 1.67. The van der Waals surface area contributed by atoms with Crippen LogP contribution in [0, 0.1) is 23.2 Å². The van der Waals surface area contributed by atoms with Crippen molar-refractivity contribution in [2.24, 2.45) is 0 Å². The number of benzene rings is 1. The van der Waals surface area contributed by atoms with Crippen molar-refractivity contribution < 1.29 is 8.78 Å². The van der Waals surface area contributed by atoms with E-state index in [2.05, 4.69) is 9.97 Å². The molecule has 0 spiro atoms. The zero-order chi connectivity index (χ0) is 13.3. The number of aromatic amines is 1. The number of H-pyrrole nitrogens is 1. The molecule has 1 N–H and O–H groups in total. The summed E-state index contributed by atoms with van der Waals surface area (Å²) in [7, 11) is 0. The minimum atomic E-state index is -0.867. The minimum absolute atomic E-state index is 0.168. The first kappa shape index (κ1) is 12.8. The van der Waals surface area contributed by atoms with Gasteiger partial charge in [0.05, 0.1) is 5.69 Å². The molecule has 1 aromatic heterocycles. The first-order chi connectivity index (χ1) is 8.52. The predicted molar refractivity (Wildman–Crippen MR) is 68.9 cm³/mol. The normalized spacial score (nSPS) is 10.7. The van der Waals surface area contributed by atoms with Crippen molar-refractivity contribution in [2.75, 3.05) is 0 Å². The number of halogens is 2. The number of nitrogens with zero attached hydrogens (tertiary/aromatic N) is 1. The maximum Gasteiger partial charge on any atom is 0.168 e. The molecule has 0 fully saturated rings. The lowest BCUT2D eigenvalue weighted by molar-refractivity contribution is 0.505. The highest BCUT2D eigenvalue weighted by Crippen LogP contribution is 2.24. The zero-order valence-corrected chi connectivity index (χ0v) is 10.9. The molecule has 0 bridgehead atoms. The topological polar surface area (TPSA) is 28.7 Å². The molecule has 0 unspecified atom stereocenters. The highest BCUT2D eigenvalue weighted by Gasteiger charge is 2.13. The van der Waals surface area contributed by atoms with Gasteiger partial charge in [0.1, 0.15) is 10.5 Å². The molecule has 0 atom stereocenters. The smallest absolute Gasteiger partial charge is 0.168 e. The van der Waals surface area contributed by atoms with Crippen LogP contribution < -0.4 is 0 Å². The van der Waals surface area contributed by atoms with Gasteiger partial charge in [-0.1, -0.05) is 25.2 Å². The van der Waals surface area contributed by atoms with Gasteiger partial charge in [-0.15, -0.1) is 0 Å². The Morgan fingerprint density at radius 3 is 2.67 bits per heavy atom. The number of rotatable bonds is 2. The van der Waals surface area contributed by atoms with Crippen LogP contribution >= 0.6 is 12.2 Å². The van der Waals surface area contributed by atoms with Gasteiger partial charge >= 0.3 is 0 Å². The molecule has 0 saturated heterocycles. The van der Waals surface area contributed by atoms with Gasteiger partial charge in [-0.2, -0.15) is 0 Å². The summed E-state index contributed by atoms with van der Waals surface area (Å²) in [6, 6.07) is 4.60. The lowest BCUT2D eigenvalue weighted by Gasteiger charge is -2.08. The Balaban J connectivity index is 2.66. The highest BCUT2D eigenvalue weighted by molar-refractivity contribution is 7.71. The molecule has 2 nitrogen and oxygen atoms in total. The molecule has 5 heteroatoms. The Morgan fingerprint density at radius 1 is 1.28 bits per heavy atom. The average Bonchev–Trinajstić information content (AvgIpc) is 2.35. The Bertz CT molecular complexity index is 650. The third-order valence-electron chi connectivity index (χ3n) is 2.69. The predicted octanol–water partition coefficient (Wildman–Crippen LogP) is 3.96. The molecule has 2 aromatic rings. The third-order valence-corrected chi connectivity index (χ3v) is 2.90. The molecule has 0 aliphatic rings. The SMILES string of the molecule is CCc1nc(=S)cc(-c2ccc(C)c(F)c2F)[nH]1. The van der Waals surface area contributed by atoms with Gasteiger partial charge in [0.2, 0.25) is 0 Å². The fourth-order valence-corrected chi connectivity index (χ4v) is 1.90. The van der Waals surface area contributed by atoms with E-state index >= 15 is 0 Å². The van der Waals surface area contributed by atoms with Gasteiger partial charge < -0.3 is 4.98 Å². The molecule has 18 heavy (non-hydrogen) atoms. The summed E-state index contributed by atoms with van der Waals surface area (Å²) in [4.78, 5) is 7.04. The van der Waals surface area contributed by atoms with Gasteiger partial charge in [0.25, 0.3) is 0 Å². The van der Waals surface area contributed by atoms with E-state index in [1.807, 2.05) is 6.92 Å². The quantitative estimate of drug-likeness (QED) is 0.834. The van der Waals surface area contributed by atoms with Crippen molar-refractivity contribution in [2.45, 2.75) is 20.3 Å². The van der Waals surface area contributed by atoms with E-state index in [-0.39, 0.29) is 11.1 Å². The van der Waals surface area contributed by atoms with Crippen LogP contribution in [0.1, 0.15) is 18.3 Å². The van der Waals surface area contributed by atoms with Crippen molar-refractivity contribution in [3.63, 3.8) is 0 Å². The Morgan fingerprint density at radius 2 is 2.00 bits per heavy atom. The maximum absolute atomic E-state index is 13.9. The summed E-state index contributed by atoms with van der Waals surface area (Å²) >= 11 is 5.01. The van der Waals surface area contributed by atoms with Gasteiger partial charge in [0, 0.05) is 12.0 Å². The lowest BCUT2D eigenvalue weighted by Crippen LogP contribution is -1.99. The molecule has 2 rings (SSSR count). The average molecular weight is 266 g/mol. The third kappa shape index (κ3) is 2.31. The summed E-state index contributed by atoms with van der Waals surface area (Å²) < 4.78 is 27.8. The van der Waals surface area contributed by atoms with Gasteiger partial charge in [-0.25, -0.2) is 13.8 Å². The van der Waals surface area contributed by atoms with Crippen LogP contribution in [-0.2, 0) is 6.42 Å². The zero-order valence-electron chi connectivity index (χ0n) is 10.1. The van der Waals surface area contributed by atoms with Crippen LogP contribution in [-0.4, -0.2) is 9.97 Å². The second-order valence-electron chi connectivity index (χ2n) is 3.99. The van der Waals surface area contributed by atoms with E-state index in [1.54, 1.807) is 0 Å². The van der Waals surface area contributed by atoms with Crippen molar-refractivity contribution in [1.82, 2.24) is 9.97 Å². The summed E-state index contributed by atoms with van der Waals surface area (Å²) in [6.07, 6.45) is 0.646. The molecule has 0 amide bonds. The number of hydrogen-bond acceptors (Lipinski definition) is 2. The van der Waals surface area contributed by atoms with Crippen LogP contribution in [0.25, 0.3) is 11.3 Å². The molecular formula is C13H12F2N2S. The van der Waals surface area contributed by atoms with Crippen molar-refractivity contribution >= 4 is 12.2 Å². The Hall–Kier alpha value is -1.62. The standard InChI is InChI=1S/C13H12F2N2S/c1-3-10-16-9(6-11(18)17-10)8-5-4-7(2)12(14)13(8)15/h4-6H,3H2,1-2H3,(H,16,17,18). The van der Waals surface area contributed by atoms with E-state index in [0.717, 1.165) is 0 Å². The Kier molecular flexibility index (Phi) is 3.52. The van der Waals surface area contributed by atoms with Crippen molar-refractivity contribution in [1.29, 1.82) is 0 Å². The number of aryl methyl sites for hydroxylation is 2. The maximum atomic E-state index is 13.9. The molecule has 1 heterocycles. The van der Waals surface area contributed by atoms with E-state index < -0.39 is 11.6 Å². The van der Waals surface area contributed by atoms with Crippen LogP contribution in [0.3, 0.4) is 0 Å². The van der Waals surface area contributed by atoms with Crippen molar-refractivity contribution in [3.05, 3.63) is 45.9 Å². The van der Waals surface area contributed by atoms with E-state index in [4.69, 9.17) is 12.2 Å². The molecule has 0 aliphatic heterocycles. The molecular weight excluding hydrogens is 254 g/mol. The van der Waals surface area contributed by atoms with Crippen LogP contribution in [0.4, 0.5) is 8.78 Å². The Labute approximate surface area is 109 Å². The van der Waals surface area contributed by atoms with E-state index in [0.29, 0.717) is 22.6 Å². The summed E-state index contributed by atoms with van der Waals surface area (Å²) in [5.74, 6) is -1.05. The van der Waals surface area contributed by atoms with Crippen LogP contribution in [0.15, 0.2) is 18.2 Å². The fraction of sp³-hybridized carbons (Fsp3) is 0.231. The molecule has 1 aromatic carbocycles.